The Morgan fingerprint density at radius 3 is 2.24 bits per heavy atom. The molecule has 0 aliphatic rings. The Morgan fingerprint density at radius 1 is 1.00 bits per heavy atom. The van der Waals surface area contributed by atoms with Crippen LogP contribution in [0.1, 0.15) is 44.9 Å². The summed E-state index contributed by atoms with van der Waals surface area (Å²) in [5, 5.41) is 26.2. The molecule has 0 spiro atoms. The highest BCUT2D eigenvalue weighted by atomic mass is 16.4. The molecule has 0 fully saturated rings. The highest BCUT2D eigenvalue weighted by Crippen LogP contribution is 2.05. The van der Waals surface area contributed by atoms with E-state index in [1.165, 1.54) is 0 Å². The van der Waals surface area contributed by atoms with Gasteiger partial charge in [-0.1, -0.05) is 12.2 Å². The second kappa shape index (κ2) is 9.84. The van der Waals surface area contributed by atoms with Gasteiger partial charge in [0, 0.05) is 12.8 Å². The van der Waals surface area contributed by atoms with Crippen LogP contribution in [0, 0.1) is 0 Å². The van der Waals surface area contributed by atoms with Crippen LogP contribution in [0.3, 0.4) is 0 Å². The zero-order chi connectivity index (χ0) is 13.1. The van der Waals surface area contributed by atoms with Crippen molar-refractivity contribution in [1.82, 2.24) is 0 Å². The van der Waals surface area contributed by atoms with Crippen molar-refractivity contribution in [2.75, 3.05) is 0 Å². The summed E-state index contributed by atoms with van der Waals surface area (Å²) in [6.07, 6.45) is 6.24. The van der Waals surface area contributed by atoms with Crippen molar-refractivity contribution in [3.05, 3.63) is 12.2 Å². The van der Waals surface area contributed by atoms with Gasteiger partial charge in [0.1, 0.15) is 0 Å². The second-order valence-corrected chi connectivity index (χ2v) is 3.93. The minimum atomic E-state index is -0.901. The number of allylic oxidation sites excluding steroid dienone is 1. The van der Waals surface area contributed by atoms with Crippen LogP contribution in [-0.2, 0) is 9.59 Å². The average Bonchev–Trinajstić information content (AvgIpc) is 2.24. The summed E-state index contributed by atoms with van der Waals surface area (Å²) in [5.74, 6) is -1.68. The molecule has 0 rings (SSSR count). The molecular weight excluding hydrogens is 224 g/mol. The van der Waals surface area contributed by atoms with E-state index < -0.39 is 18.0 Å². The molecule has 0 saturated heterocycles. The Balaban J connectivity index is 3.40. The Bertz CT molecular complexity index is 260. The van der Waals surface area contributed by atoms with E-state index in [0.717, 1.165) is 12.8 Å². The minimum Gasteiger partial charge on any atom is -0.481 e. The number of rotatable bonds is 10. The normalized spacial score (nSPS) is 12.8. The van der Waals surface area contributed by atoms with Crippen LogP contribution < -0.4 is 0 Å². The predicted octanol–water partition coefficient (Wildman–Crippen LogP) is 1.80. The molecule has 0 aromatic rings. The maximum absolute atomic E-state index is 10.2. The van der Waals surface area contributed by atoms with E-state index in [2.05, 4.69) is 0 Å². The summed E-state index contributed by atoms with van der Waals surface area (Å²) in [6.45, 7) is 0. The van der Waals surface area contributed by atoms with E-state index >= 15 is 0 Å². The molecule has 17 heavy (non-hydrogen) atoms. The van der Waals surface area contributed by atoms with Crippen LogP contribution in [0.2, 0.25) is 0 Å². The van der Waals surface area contributed by atoms with Gasteiger partial charge in [-0.05, 0) is 32.1 Å². The van der Waals surface area contributed by atoms with Crippen LogP contribution in [0.15, 0.2) is 12.2 Å². The quantitative estimate of drug-likeness (QED) is 0.402. The van der Waals surface area contributed by atoms with E-state index in [1.54, 1.807) is 0 Å². The first-order chi connectivity index (χ1) is 8.02. The molecule has 1 atom stereocenters. The van der Waals surface area contributed by atoms with Crippen molar-refractivity contribution < 1.29 is 24.9 Å². The molecule has 0 bridgehead atoms. The van der Waals surface area contributed by atoms with E-state index in [0.29, 0.717) is 12.8 Å². The van der Waals surface area contributed by atoms with E-state index in [1.807, 2.05) is 12.2 Å². The first kappa shape index (κ1) is 15.6. The number of carboxylic acids is 2. The van der Waals surface area contributed by atoms with Gasteiger partial charge in [-0.25, -0.2) is 0 Å². The van der Waals surface area contributed by atoms with Gasteiger partial charge in [-0.2, -0.15) is 0 Å². The van der Waals surface area contributed by atoms with Crippen molar-refractivity contribution in [3.63, 3.8) is 0 Å². The van der Waals surface area contributed by atoms with Crippen LogP contribution >= 0.6 is 0 Å². The lowest BCUT2D eigenvalue weighted by molar-refractivity contribution is -0.138. The Kier molecular flexibility index (Phi) is 9.05. The topological polar surface area (TPSA) is 94.8 Å². The summed E-state index contributed by atoms with van der Waals surface area (Å²) in [4.78, 5) is 20.4. The Labute approximate surface area is 101 Å². The van der Waals surface area contributed by atoms with Crippen molar-refractivity contribution in [3.8, 4) is 0 Å². The average molecular weight is 244 g/mol. The van der Waals surface area contributed by atoms with E-state index in [9.17, 15) is 14.7 Å². The first-order valence-electron chi connectivity index (χ1n) is 5.79. The fourth-order valence-corrected chi connectivity index (χ4v) is 1.32. The van der Waals surface area contributed by atoms with Gasteiger partial charge in [0.15, 0.2) is 0 Å². The maximum atomic E-state index is 10.2. The third kappa shape index (κ3) is 12.6. The molecule has 1 unspecified atom stereocenters. The third-order valence-electron chi connectivity index (χ3n) is 2.28. The summed E-state index contributed by atoms with van der Waals surface area (Å²) in [5.41, 5.74) is 0. The molecule has 0 amide bonds. The molecule has 0 aliphatic heterocycles. The number of aliphatic hydroxyl groups is 1. The van der Waals surface area contributed by atoms with Crippen LogP contribution in [0.4, 0.5) is 0 Å². The van der Waals surface area contributed by atoms with Crippen LogP contribution in [0.25, 0.3) is 0 Å². The molecule has 0 aliphatic carbocycles. The molecule has 3 N–H and O–H groups in total. The number of aliphatic hydroxyl groups excluding tert-OH is 1. The second-order valence-electron chi connectivity index (χ2n) is 3.93. The Morgan fingerprint density at radius 2 is 1.65 bits per heavy atom. The van der Waals surface area contributed by atoms with Crippen molar-refractivity contribution in [2.24, 2.45) is 0 Å². The molecule has 5 heteroatoms. The van der Waals surface area contributed by atoms with Crippen molar-refractivity contribution >= 4 is 11.9 Å². The number of carbonyl (C=O) groups is 2. The van der Waals surface area contributed by atoms with Gasteiger partial charge in [0.25, 0.3) is 0 Å². The van der Waals surface area contributed by atoms with E-state index in [4.69, 9.17) is 10.2 Å². The predicted molar refractivity (Wildman–Crippen MR) is 62.7 cm³/mol. The molecule has 0 aromatic carbocycles. The van der Waals surface area contributed by atoms with Gasteiger partial charge in [0.05, 0.1) is 6.10 Å². The molecule has 0 saturated carbocycles. The number of carboxylic acid groups (broad SMARTS) is 2. The molecule has 0 aromatic heterocycles. The molecule has 0 radical (unpaired) electrons. The molecule has 0 heterocycles. The van der Waals surface area contributed by atoms with Gasteiger partial charge >= 0.3 is 11.9 Å². The minimum absolute atomic E-state index is 0.0202. The summed E-state index contributed by atoms with van der Waals surface area (Å²) in [7, 11) is 0. The molecule has 98 valence electrons. The van der Waals surface area contributed by atoms with Gasteiger partial charge in [0.2, 0.25) is 0 Å². The van der Waals surface area contributed by atoms with Crippen molar-refractivity contribution in [1.29, 1.82) is 0 Å². The maximum Gasteiger partial charge on any atom is 0.303 e. The van der Waals surface area contributed by atoms with Gasteiger partial charge in [-0.15, -0.1) is 0 Å². The highest BCUT2D eigenvalue weighted by Gasteiger charge is 2.04. The summed E-state index contributed by atoms with van der Waals surface area (Å²) in [6, 6.07) is 0. The lowest BCUT2D eigenvalue weighted by atomic mass is 10.1. The fourth-order valence-electron chi connectivity index (χ4n) is 1.32. The van der Waals surface area contributed by atoms with Crippen LogP contribution in [0.5, 0.6) is 0 Å². The zero-order valence-corrected chi connectivity index (χ0v) is 9.84. The summed E-state index contributed by atoms with van der Waals surface area (Å²) >= 11 is 0. The SMILES string of the molecule is O=C(O)CCCC/C=C/CC(O)CCC(=O)O. The number of hydrogen-bond donors (Lipinski definition) is 3. The van der Waals surface area contributed by atoms with E-state index in [-0.39, 0.29) is 19.3 Å². The van der Waals surface area contributed by atoms with Gasteiger partial charge < -0.3 is 15.3 Å². The van der Waals surface area contributed by atoms with Gasteiger partial charge in [-0.3, -0.25) is 9.59 Å². The number of unbranched alkanes of at least 4 members (excludes halogenated alkanes) is 2. The third-order valence-corrected chi connectivity index (χ3v) is 2.28. The highest BCUT2D eigenvalue weighted by molar-refractivity contribution is 5.66. The molecule has 5 nitrogen and oxygen atoms in total. The lowest BCUT2D eigenvalue weighted by Gasteiger charge is -2.04. The largest absolute Gasteiger partial charge is 0.481 e. The number of hydrogen-bond acceptors (Lipinski definition) is 3. The summed E-state index contributed by atoms with van der Waals surface area (Å²) < 4.78 is 0. The van der Waals surface area contributed by atoms with Crippen molar-refractivity contribution in [2.45, 2.75) is 51.0 Å². The van der Waals surface area contributed by atoms with Crippen LogP contribution in [-0.4, -0.2) is 33.4 Å². The standard InChI is InChI=1S/C12H20O5/c13-10(8-9-12(16)17)6-4-2-1-3-5-7-11(14)15/h2,4,10,13H,1,3,5-9H2,(H,14,15)(H,16,17)/b4-2+. The number of aliphatic carboxylic acids is 2. The molecular formula is C12H20O5. The Hall–Kier alpha value is -1.36. The first-order valence-corrected chi connectivity index (χ1v) is 5.79. The monoisotopic (exact) mass is 244 g/mol. The smallest absolute Gasteiger partial charge is 0.303 e. The lowest BCUT2D eigenvalue weighted by Crippen LogP contribution is -2.07. The zero-order valence-electron chi connectivity index (χ0n) is 9.84. The fraction of sp³-hybridized carbons (Fsp3) is 0.667.